The van der Waals surface area contributed by atoms with E-state index < -0.39 is 20.0 Å². The molecule has 0 radical (unpaired) electrons. The fourth-order valence-corrected chi connectivity index (χ4v) is 1.25. The normalized spacial score (nSPS) is 15.2. The molecular weight excluding hydrogens is 159 g/mol. The lowest BCUT2D eigenvalue weighted by atomic mass is 10.8. The summed E-state index contributed by atoms with van der Waals surface area (Å²) in [4.78, 5) is 0. The van der Waals surface area contributed by atoms with Crippen molar-refractivity contribution in [2.45, 2.75) is 5.85 Å². The zero-order chi connectivity index (χ0) is 8.20. The van der Waals surface area contributed by atoms with Crippen molar-refractivity contribution >= 4 is 7.60 Å². The Morgan fingerprint density at radius 1 is 1.50 bits per heavy atom. The van der Waals surface area contributed by atoms with Crippen LogP contribution >= 0.6 is 7.60 Å². The Morgan fingerprint density at radius 2 is 1.90 bits per heavy atom. The van der Waals surface area contributed by atoms with Gasteiger partial charge in [-0.25, -0.2) is 0 Å². The van der Waals surface area contributed by atoms with Crippen LogP contribution in [0.25, 0.3) is 0 Å². The van der Waals surface area contributed by atoms with Crippen LogP contribution in [0.15, 0.2) is 0 Å². The molecule has 5 nitrogen and oxygen atoms in total. The molecular formula is C4H11O5P. The van der Waals surface area contributed by atoms with E-state index >= 15 is 0 Å². The van der Waals surface area contributed by atoms with Gasteiger partial charge in [-0.1, -0.05) is 0 Å². The maximum Gasteiger partial charge on any atom is 0.360 e. The highest BCUT2D eigenvalue weighted by Gasteiger charge is 2.31. The molecule has 0 aliphatic rings. The van der Waals surface area contributed by atoms with Crippen LogP contribution in [-0.2, 0) is 13.6 Å². The van der Waals surface area contributed by atoms with Gasteiger partial charge in [0.15, 0.2) is 5.85 Å². The van der Waals surface area contributed by atoms with Gasteiger partial charge in [-0.05, 0) is 0 Å². The second-order valence-corrected chi connectivity index (χ2v) is 3.97. The summed E-state index contributed by atoms with van der Waals surface area (Å²) in [5.74, 6) is -1.46. The molecule has 10 heavy (non-hydrogen) atoms. The van der Waals surface area contributed by atoms with Crippen LogP contribution < -0.4 is 0 Å². The van der Waals surface area contributed by atoms with Crippen LogP contribution in [-0.4, -0.2) is 36.9 Å². The molecule has 0 rings (SSSR count). The van der Waals surface area contributed by atoms with Crippen molar-refractivity contribution in [2.75, 3.05) is 20.8 Å². The van der Waals surface area contributed by atoms with Crippen molar-refractivity contribution in [3.05, 3.63) is 0 Å². The summed E-state index contributed by atoms with van der Waals surface area (Å²) in [6, 6.07) is 0. The first-order chi connectivity index (χ1) is 4.60. The summed E-state index contributed by atoms with van der Waals surface area (Å²) in [5, 5.41) is 17.2. The first kappa shape index (κ1) is 10.1. The maximum absolute atomic E-state index is 11.0. The first-order valence-corrected chi connectivity index (χ1v) is 4.22. The quantitative estimate of drug-likeness (QED) is 0.570. The largest absolute Gasteiger partial charge is 0.393 e. The summed E-state index contributed by atoms with van der Waals surface area (Å²) in [6.45, 7) is -0.640. The van der Waals surface area contributed by atoms with Crippen LogP contribution in [0.3, 0.4) is 0 Å². The summed E-state index contributed by atoms with van der Waals surface area (Å²) in [7, 11) is -1.18. The van der Waals surface area contributed by atoms with E-state index in [4.69, 9.17) is 10.2 Å². The highest BCUT2D eigenvalue weighted by Crippen LogP contribution is 2.49. The van der Waals surface area contributed by atoms with E-state index in [-0.39, 0.29) is 0 Å². The minimum atomic E-state index is -3.47. The van der Waals surface area contributed by atoms with E-state index in [9.17, 15) is 4.57 Å². The van der Waals surface area contributed by atoms with Gasteiger partial charge in [0.2, 0.25) is 0 Å². The van der Waals surface area contributed by atoms with Gasteiger partial charge in [-0.2, -0.15) is 0 Å². The second-order valence-electron chi connectivity index (χ2n) is 1.57. The molecule has 2 N–H and O–H groups in total. The topological polar surface area (TPSA) is 76.0 Å². The molecule has 0 bridgehead atoms. The maximum atomic E-state index is 11.0. The van der Waals surface area contributed by atoms with Crippen molar-refractivity contribution in [1.82, 2.24) is 0 Å². The molecule has 0 amide bonds. The Bertz CT molecular complexity index is 128. The van der Waals surface area contributed by atoms with Gasteiger partial charge in [0.1, 0.15) is 0 Å². The van der Waals surface area contributed by atoms with Crippen molar-refractivity contribution in [3.8, 4) is 0 Å². The minimum Gasteiger partial charge on any atom is -0.393 e. The lowest BCUT2D eigenvalue weighted by Gasteiger charge is -2.16. The van der Waals surface area contributed by atoms with Gasteiger partial charge in [-0.3, -0.25) is 4.57 Å². The average molecular weight is 170 g/mol. The van der Waals surface area contributed by atoms with Crippen LogP contribution in [0, 0.1) is 0 Å². The molecule has 0 heterocycles. The standard InChI is InChI=1S/C4H11O5P/c1-8-10(7,9-2)4(6)3-5/h4-6H,3H2,1-2H3. The molecule has 0 fully saturated rings. The van der Waals surface area contributed by atoms with E-state index in [2.05, 4.69) is 9.05 Å². The number of aliphatic hydroxyl groups excluding tert-OH is 2. The van der Waals surface area contributed by atoms with Gasteiger partial charge >= 0.3 is 7.60 Å². The van der Waals surface area contributed by atoms with E-state index in [0.29, 0.717) is 0 Å². The number of aliphatic hydroxyl groups is 2. The van der Waals surface area contributed by atoms with Crippen LogP contribution in [0.2, 0.25) is 0 Å². The Labute approximate surface area is 59.1 Å². The van der Waals surface area contributed by atoms with Gasteiger partial charge < -0.3 is 19.3 Å². The molecule has 1 atom stereocenters. The molecule has 62 valence electrons. The van der Waals surface area contributed by atoms with Crippen LogP contribution in [0.5, 0.6) is 0 Å². The first-order valence-electron chi connectivity index (χ1n) is 2.61. The predicted molar refractivity (Wildman–Crippen MR) is 34.7 cm³/mol. The summed E-state index contributed by atoms with van der Waals surface area (Å²) in [6.07, 6.45) is 0. The fraction of sp³-hybridized carbons (Fsp3) is 1.00. The van der Waals surface area contributed by atoms with Gasteiger partial charge in [0.25, 0.3) is 0 Å². The second kappa shape index (κ2) is 4.05. The highest BCUT2D eigenvalue weighted by molar-refractivity contribution is 7.54. The third-order valence-electron chi connectivity index (χ3n) is 1.04. The molecule has 0 aromatic rings. The highest BCUT2D eigenvalue weighted by atomic mass is 31.2. The fourth-order valence-electron chi connectivity index (χ4n) is 0.418. The third-order valence-corrected chi connectivity index (χ3v) is 2.95. The molecule has 6 heteroatoms. The Hall–Kier alpha value is 0.0700. The lowest BCUT2D eigenvalue weighted by molar-refractivity contribution is 0.115. The molecule has 0 aromatic carbocycles. The van der Waals surface area contributed by atoms with E-state index in [1.54, 1.807) is 0 Å². The molecule has 0 saturated carbocycles. The molecule has 1 unspecified atom stereocenters. The predicted octanol–water partition coefficient (Wildman–Crippen LogP) is -0.217. The van der Waals surface area contributed by atoms with Crippen molar-refractivity contribution in [1.29, 1.82) is 0 Å². The monoisotopic (exact) mass is 170 g/mol. The number of rotatable bonds is 4. The summed E-state index contributed by atoms with van der Waals surface area (Å²) < 4.78 is 19.8. The van der Waals surface area contributed by atoms with Crippen LogP contribution in [0.4, 0.5) is 0 Å². The number of hydrogen-bond donors (Lipinski definition) is 2. The number of hydrogen-bond acceptors (Lipinski definition) is 5. The van der Waals surface area contributed by atoms with Gasteiger partial charge in [0, 0.05) is 14.2 Å². The lowest BCUT2D eigenvalue weighted by Crippen LogP contribution is -2.14. The van der Waals surface area contributed by atoms with Crippen molar-refractivity contribution in [3.63, 3.8) is 0 Å². The molecule has 0 aliphatic carbocycles. The SMILES string of the molecule is COP(=O)(OC)C(O)CO. The average Bonchev–Trinajstić information content (AvgIpc) is 2.01. The molecule has 0 saturated heterocycles. The summed E-state index contributed by atoms with van der Waals surface area (Å²) >= 11 is 0. The van der Waals surface area contributed by atoms with E-state index in [1.807, 2.05) is 0 Å². The molecule has 0 aromatic heterocycles. The van der Waals surface area contributed by atoms with Crippen molar-refractivity contribution < 1.29 is 23.8 Å². The van der Waals surface area contributed by atoms with E-state index in [0.717, 1.165) is 14.2 Å². The zero-order valence-corrected chi connectivity index (χ0v) is 6.75. The third kappa shape index (κ3) is 2.04. The smallest absolute Gasteiger partial charge is 0.360 e. The van der Waals surface area contributed by atoms with Gasteiger partial charge in [0.05, 0.1) is 6.61 Å². The Morgan fingerprint density at radius 3 is 2.00 bits per heavy atom. The van der Waals surface area contributed by atoms with Crippen molar-refractivity contribution in [2.24, 2.45) is 0 Å². The Balaban J connectivity index is 4.18. The van der Waals surface area contributed by atoms with Crippen LogP contribution in [0.1, 0.15) is 0 Å². The summed E-state index contributed by atoms with van der Waals surface area (Å²) in [5.41, 5.74) is 0. The van der Waals surface area contributed by atoms with Gasteiger partial charge in [-0.15, -0.1) is 0 Å². The minimum absolute atomic E-state index is 0.640. The zero-order valence-electron chi connectivity index (χ0n) is 5.85. The molecule has 0 spiro atoms. The Kier molecular flexibility index (Phi) is 4.08. The van der Waals surface area contributed by atoms with E-state index in [1.165, 1.54) is 0 Å². The molecule has 0 aliphatic heterocycles.